The SMILES string of the molecule is C=CCc1cc(/C=C2\SC(=O)N(C)C2=O)cc(Br)c1OCC(=O)OCC. The van der Waals surface area contributed by atoms with Gasteiger partial charge >= 0.3 is 5.97 Å². The first-order chi connectivity index (χ1) is 12.4. The summed E-state index contributed by atoms with van der Waals surface area (Å²) in [6.07, 6.45) is 3.87. The van der Waals surface area contributed by atoms with Crippen molar-refractivity contribution < 1.29 is 23.9 Å². The minimum absolute atomic E-state index is 0.204. The van der Waals surface area contributed by atoms with E-state index in [4.69, 9.17) is 9.47 Å². The van der Waals surface area contributed by atoms with Crippen molar-refractivity contribution in [1.82, 2.24) is 4.90 Å². The van der Waals surface area contributed by atoms with Crippen molar-refractivity contribution in [2.45, 2.75) is 13.3 Å². The molecule has 0 saturated carbocycles. The Morgan fingerprint density at radius 3 is 2.69 bits per heavy atom. The zero-order valence-electron chi connectivity index (χ0n) is 14.4. The van der Waals surface area contributed by atoms with E-state index in [1.807, 2.05) is 6.07 Å². The third kappa shape index (κ3) is 4.76. The van der Waals surface area contributed by atoms with E-state index in [-0.39, 0.29) is 24.4 Å². The Bertz CT molecular complexity index is 790. The normalized spacial score (nSPS) is 15.5. The maximum atomic E-state index is 12.0. The molecule has 1 heterocycles. The molecule has 0 radical (unpaired) electrons. The third-order valence-corrected chi connectivity index (χ3v) is 4.98. The molecule has 1 aliphatic heterocycles. The highest BCUT2D eigenvalue weighted by atomic mass is 79.9. The number of ether oxygens (including phenoxy) is 2. The van der Waals surface area contributed by atoms with Gasteiger partial charge in [0, 0.05) is 7.05 Å². The molecule has 8 heteroatoms. The smallest absolute Gasteiger partial charge is 0.344 e. The van der Waals surface area contributed by atoms with Crippen LogP contribution >= 0.6 is 27.7 Å². The Kier molecular flexibility index (Phi) is 7.05. The number of nitrogens with zero attached hydrogens (tertiary/aromatic N) is 1. The van der Waals surface area contributed by atoms with Gasteiger partial charge in [-0.25, -0.2) is 4.79 Å². The van der Waals surface area contributed by atoms with Gasteiger partial charge in [-0.15, -0.1) is 6.58 Å². The Morgan fingerprint density at radius 2 is 2.12 bits per heavy atom. The van der Waals surface area contributed by atoms with Crippen LogP contribution in [-0.2, 0) is 20.7 Å². The molecule has 0 spiro atoms. The summed E-state index contributed by atoms with van der Waals surface area (Å²) in [5.74, 6) is -0.271. The highest BCUT2D eigenvalue weighted by Crippen LogP contribution is 2.35. The molecule has 1 saturated heterocycles. The average Bonchev–Trinajstić information content (AvgIpc) is 2.81. The van der Waals surface area contributed by atoms with Crippen LogP contribution in [0.25, 0.3) is 6.08 Å². The minimum Gasteiger partial charge on any atom is -0.480 e. The van der Waals surface area contributed by atoms with Crippen molar-refractivity contribution in [3.8, 4) is 5.75 Å². The fraction of sp³-hybridized carbons (Fsp3) is 0.278. The first-order valence-corrected chi connectivity index (χ1v) is 9.41. The van der Waals surface area contributed by atoms with Crippen molar-refractivity contribution >= 4 is 50.9 Å². The third-order valence-electron chi connectivity index (χ3n) is 3.43. The van der Waals surface area contributed by atoms with Gasteiger partial charge in [0.15, 0.2) is 6.61 Å². The van der Waals surface area contributed by atoms with Gasteiger partial charge in [-0.1, -0.05) is 6.08 Å². The molecule has 0 unspecified atom stereocenters. The predicted molar refractivity (Wildman–Crippen MR) is 104 cm³/mol. The number of carbonyl (C=O) groups excluding carboxylic acids is 3. The van der Waals surface area contributed by atoms with E-state index < -0.39 is 5.97 Å². The quantitative estimate of drug-likeness (QED) is 0.365. The fourth-order valence-electron chi connectivity index (χ4n) is 2.26. The van der Waals surface area contributed by atoms with Crippen molar-refractivity contribution in [2.24, 2.45) is 0 Å². The highest BCUT2D eigenvalue weighted by Gasteiger charge is 2.31. The molecule has 0 aromatic heterocycles. The summed E-state index contributed by atoms with van der Waals surface area (Å²) in [4.78, 5) is 36.6. The molecule has 2 amide bonds. The van der Waals surface area contributed by atoms with Gasteiger partial charge in [0.25, 0.3) is 11.1 Å². The molecular weight excluding hydrogens is 422 g/mol. The zero-order valence-corrected chi connectivity index (χ0v) is 16.8. The highest BCUT2D eigenvalue weighted by molar-refractivity contribution is 9.10. The van der Waals surface area contributed by atoms with Gasteiger partial charge in [0.05, 0.1) is 16.0 Å². The van der Waals surface area contributed by atoms with E-state index in [2.05, 4.69) is 22.5 Å². The van der Waals surface area contributed by atoms with Crippen LogP contribution in [0, 0.1) is 0 Å². The number of hydrogen-bond donors (Lipinski definition) is 0. The van der Waals surface area contributed by atoms with E-state index in [9.17, 15) is 14.4 Å². The van der Waals surface area contributed by atoms with Gasteiger partial charge in [-0.05, 0) is 70.4 Å². The van der Waals surface area contributed by atoms with Crippen molar-refractivity contribution in [1.29, 1.82) is 0 Å². The largest absolute Gasteiger partial charge is 0.480 e. The molecule has 138 valence electrons. The molecule has 0 aliphatic carbocycles. The van der Waals surface area contributed by atoms with Crippen LogP contribution in [0.1, 0.15) is 18.1 Å². The van der Waals surface area contributed by atoms with Crippen molar-refractivity contribution in [3.05, 3.63) is 45.3 Å². The number of thioether (sulfide) groups is 1. The van der Waals surface area contributed by atoms with Crippen LogP contribution in [0.3, 0.4) is 0 Å². The number of esters is 1. The molecule has 26 heavy (non-hydrogen) atoms. The minimum atomic E-state index is -0.454. The topological polar surface area (TPSA) is 72.9 Å². The molecule has 1 aliphatic rings. The van der Waals surface area contributed by atoms with E-state index >= 15 is 0 Å². The Morgan fingerprint density at radius 1 is 1.38 bits per heavy atom. The van der Waals surface area contributed by atoms with Gasteiger partial charge in [0.1, 0.15) is 5.75 Å². The Labute approximate surface area is 164 Å². The first kappa shape index (κ1) is 20.3. The lowest BCUT2D eigenvalue weighted by atomic mass is 10.1. The van der Waals surface area contributed by atoms with Crippen molar-refractivity contribution in [2.75, 3.05) is 20.3 Å². The monoisotopic (exact) mass is 439 g/mol. The van der Waals surface area contributed by atoms with Crippen LogP contribution in [0.2, 0.25) is 0 Å². The molecule has 1 aromatic carbocycles. The number of imide groups is 1. The summed E-state index contributed by atoms with van der Waals surface area (Å²) in [7, 11) is 1.45. The Hall–Kier alpha value is -2.06. The second kappa shape index (κ2) is 9.05. The average molecular weight is 440 g/mol. The van der Waals surface area contributed by atoms with Gasteiger partial charge in [-0.3, -0.25) is 14.5 Å². The van der Waals surface area contributed by atoms with E-state index in [1.165, 1.54) is 7.05 Å². The van der Waals surface area contributed by atoms with E-state index in [1.54, 1.807) is 25.1 Å². The number of halogens is 1. The summed E-state index contributed by atoms with van der Waals surface area (Å²) in [5.41, 5.74) is 1.52. The molecule has 6 nitrogen and oxygen atoms in total. The number of allylic oxidation sites excluding steroid dienone is 1. The predicted octanol–water partition coefficient (Wildman–Crippen LogP) is 3.79. The molecule has 1 aromatic rings. The van der Waals surface area contributed by atoms with Crippen LogP contribution in [0.15, 0.2) is 34.2 Å². The summed E-state index contributed by atoms with van der Waals surface area (Å²) >= 11 is 4.33. The number of likely N-dealkylation sites (N-methyl/N-ethyl adjacent to an activating group) is 1. The van der Waals surface area contributed by atoms with Crippen molar-refractivity contribution in [3.63, 3.8) is 0 Å². The lowest BCUT2D eigenvalue weighted by Crippen LogP contribution is -2.22. The van der Waals surface area contributed by atoms with Crippen LogP contribution in [0.5, 0.6) is 5.75 Å². The van der Waals surface area contributed by atoms with Crippen LogP contribution < -0.4 is 4.74 Å². The second-order valence-corrected chi connectivity index (χ2v) is 7.17. The lowest BCUT2D eigenvalue weighted by molar-refractivity contribution is -0.145. The number of rotatable bonds is 7. The fourth-order valence-corrected chi connectivity index (χ4v) is 3.72. The van der Waals surface area contributed by atoms with Gasteiger partial charge in [0.2, 0.25) is 0 Å². The van der Waals surface area contributed by atoms with Crippen LogP contribution in [0.4, 0.5) is 4.79 Å². The number of hydrogen-bond acceptors (Lipinski definition) is 6. The molecule has 1 fully saturated rings. The van der Waals surface area contributed by atoms with Gasteiger partial charge in [-0.2, -0.15) is 0 Å². The first-order valence-electron chi connectivity index (χ1n) is 7.80. The van der Waals surface area contributed by atoms with E-state index in [0.29, 0.717) is 21.5 Å². The summed E-state index contributed by atoms with van der Waals surface area (Å²) < 4.78 is 11.1. The molecule has 2 rings (SSSR count). The number of amides is 2. The zero-order chi connectivity index (χ0) is 19.3. The second-order valence-electron chi connectivity index (χ2n) is 5.32. The van der Waals surface area contributed by atoms with E-state index in [0.717, 1.165) is 27.8 Å². The Balaban J connectivity index is 2.31. The maximum absolute atomic E-state index is 12.0. The van der Waals surface area contributed by atoms with Gasteiger partial charge < -0.3 is 9.47 Å². The number of benzene rings is 1. The lowest BCUT2D eigenvalue weighted by Gasteiger charge is -2.13. The molecule has 0 bridgehead atoms. The maximum Gasteiger partial charge on any atom is 0.344 e. The molecular formula is C18H18BrNO5S. The standard InChI is InChI=1S/C18H18BrNO5S/c1-4-6-12-7-11(9-14-17(22)20(3)18(23)26-14)8-13(19)16(12)25-10-15(21)24-5-2/h4,7-9H,1,5-6,10H2,2-3H3/b14-9-. The summed E-state index contributed by atoms with van der Waals surface area (Å²) in [5, 5.41) is -0.305. The van der Waals surface area contributed by atoms with Crippen LogP contribution in [-0.4, -0.2) is 42.3 Å². The summed E-state index contributed by atoms with van der Waals surface area (Å²) in [6, 6.07) is 3.59. The number of carbonyl (C=O) groups is 3. The molecule has 0 N–H and O–H groups in total. The molecule has 0 atom stereocenters. The summed E-state index contributed by atoms with van der Waals surface area (Å²) in [6.45, 7) is 5.54.